The van der Waals surface area contributed by atoms with Crippen LogP contribution in [0.4, 0.5) is 0 Å². The van der Waals surface area contributed by atoms with E-state index in [0.717, 1.165) is 11.1 Å². The monoisotopic (exact) mass is 411 g/mol. The first-order valence-corrected chi connectivity index (χ1v) is 10.8. The maximum Gasteiger partial charge on any atom is 0.247 e. The molecule has 0 amide bonds. The summed E-state index contributed by atoms with van der Waals surface area (Å²) in [6.07, 6.45) is 0. The minimum Gasteiger partial charge on any atom is -0.490 e. The fraction of sp³-hybridized carbons (Fsp3) is 0.217. The van der Waals surface area contributed by atoms with Gasteiger partial charge in [0, 0.05) is 20.2 Å². The van der Waals surface area contributed by atoms with Crippen molar-refractivity contribution >= 4 is 10.0 Å². The van der Waals surface area contributed by atoms with Crippen molar-refractivity contribution in [3.63, 3.8) is 0 Å². The van der Waals surface area contributed by atoms with Gasteiger partial charge < -0.3 is 9.47 Å². The summed E-state index contributed by atoms with van der Waals surface area (Å²) in [5, 5.41) is 0. The van der Waals surface area contributed by atoms with Crippen LogP contribution in [-0.4, -0.2) is 33.0 Å². The van der Waals surface area contributed by atoms with Gasteiger partial charge in [-0.15, -0.1) is 0 Å². The van der Waals surface area contributed by atoms with Crippen LogP contribution in [0, 0.1) is 0 Å². The van der Waals surface area contributed by atoms with Crippen molar-refractivity contribution in [1.29, 1.82) is 0 Å². The number of nitrogens with zero attached hydrogens (tertiary/aromatic N) is 1. The summed E-state index contributed by atoms with van der Waals surface area (Å²) in [5.74, 6) is 0.329. The van der Waals surface area contributed by atoms with Crippen molar-refractivity contribution in [3.8, 4) is 5.75 Å². The van der Waals surface area contributed by atoms with Gasteiger partial charge >= 0.3 is 0 Å². The van der Waals surface area contributed by atoms with Gasteiger partial charge in [-0.1, -0.05) is 72.8 Å². The summed E-state index contributed by atoms with van der Waals surface area (Å²) >= 11 is 0. The van der Waals surface area contributed by atoms with E-state index in [2.05, 4.69) is 0 Å². The fourth-order valence-corrected chi connectivity index (χ4v) is 4.50. The summed E-state index contributed by atoms with van der Waals surface area (Å²) in [4.78, 5) is 0.156. The maximum atomic E-state index is 13.6. The Labute approximate surface area is 172 Å². The quantitative estimate of drug-likeness (QED) is 0.471. The van der Waals surface area contributed by atoms with Gasteiger partial charge in [0.1, 0.15) is 17.3 Å². The van der Waals surface area contributed by atoms with Gasteiger partial charge in [-0.05, 0) is 23.3 Å². The Balaban J connectivity index is 1.95. The van der Waals surface area contributed by atoms with E-state index in [1.807, 2.05) is 60.7 Å². The van der Waals surface area contributed by atoms with Crippen molar-refractivity contribution in [3.05, 3.63) is 96.1 Å². The van der Waals surface area contributed by atoms with Crippen LogP contribution < -0.4 is 4.74 Å². The zero-order valence-electron chi connectivity index (χ0n) is 16.4. The number of sulfonamides is 1. The molecule has 0 fully saturated rings. The molecule has 0 radical (unpaired) electrons. The average Bonchev–Trinajstić information content (AvgIpc) is 2.75. The first kappa shape index (κ1) is 21.0. The van der Waals surface area contributed by atoms with Crippen molar-refractivity contribution in [2.45, 2.75) is 18.0 Å². The highest BCUT2D eigenvalue weighted by atomic mass is 32.2. The van der Waals surface area contributed by atoms with E-state index < -0.39 is 10.0 Å². The van der Waals surface area contributed by atoms with Crippen molar-refractivity contribution in [2.24, 2.45) is 0 Å². The van der Waals surface area contributed by atoms with Crippen LogP contribution in [-0.2, 0) is 27.8 Å². The van der Waals surface area contributed by atoms with Crippen molar-refractivity contribution < 1.29 is 17.9 Å². The SMILES string of the molecule is COCCOc1ccccc1S(=O)(=O)N(Cc1ccccc1)Cc1ccccc1. The molecule has 0 aliphatic heterocycles. The molecule has 0 bridgehead atoms. The van der Waals surface area contributed by atoms with Crippen LogP contribution in [0.15, 0.2) is 89.8 Å². The lowest BCUT2D eigenvalue weighted by Gasteiger charge is -2.24. The number of rotatable bonds is 10. The highest BCUT2D eigenvalue weighted by Crippen LogP contribution is 2.29. The summed E-state index contributed by atoms with van der Waals surface area (Å²) in [6, 6.07) is 25.9. The normalized spacial score (nSPS) is 11.5. The number of ether oxygens (including phenoxy) is 2. The second kappa shape index (κ2) is 10.2. The molecule has 0 aromatic heterocycles. The Morgan fingerprint density at radius 1 is 0.724 bits per heavy atom. The molecule has 3 aromatic carbocycles. The Morgan fingerprint density at radius 2 is 1.24 bits per heavy atom. The summed E-state index contributed by atoms with van der Waals surface area (Å²) in [5.41, 5.74) is 1.84. The van der Waals surface area contributed by atoms with Gasteiger partial charge in [-0.25, -0.2) is 8.42 Å². The van der Waals surface area contributed by atoms with E-state index in [1.165, 1.54) is 4.31 Å². The molecule has 0 spiro atoms. The van der Waals surface area contributed by atoms with Crippen molar-refractivity contribution in [2.75, 3.05) is 20.3 Å². The molecule has 3 rings (SSSR count). The van der Waals surface area contributed by atoms with Crippen LogP contribution in [0.2, 0.25) is 0 Å². The summed E-state index contributed by atoms with van der Waals surface area (Å²) in [7, 11) is -2.22. The van der Waals surface area contributed by atoms with Crippen LogP contribution >= 0.6 is 0 Å². The molecule has 0 aliphatic carbocycles. The predicted octanol–water partition coefficient (Wildman–Crippen LogP) is 4.10. The van der Waals surface area contributed by atoms with Crippen molar-refractivity contribution in [1.82, 2.24) is 4.31 Å². The second-order valence-electron chi connectivity index (χ2n) is 6.53. The first-order chi connectivity index (χ1) is 14.1. The lowest BCUT2D eigenvalue weighted by molar-refractivity contribution is 0.144. The smallest absolute Gasteiger partial charge is 0.247 e. The third-order valence-corrected chi connectivity index (χ3v) is 6.25. The Morgan fingerprint density at radius 3 is 1.79 bits per heavy atom. The number of para-hydroxylation sites is 1. The predicted molar refractivity (Wildman–Crippen MR) is 113 cm³/mol. The molecule has 6 heteroatoms. The number of hydrogen-bond donors (Lipinski definition) is 0. The number of benzene rings is 3. The van der Waals surface area contributed by atoms with Crippen LogP contribution in [0.5, 0.6) is 5.75 Å². The molecule has 29 heavy (non-hydrogen) atoms. The molecule has 0 saturated heterocycles. The largest absolute Gasteiger partial charge is 0.490 e. The molecule has 0 saturated carbocycles. The van der Waals surface area contributed by atoms with Gasteiger partial charge in [0.05, 0.1) is 6.61 Å². The van der Waals surface area contributed by atoms with E-state index in [0.29, 0.717) is 12.4 Å². The van der Waals surface area contributed by atoms with Gasteiger partial charge in [0.2, 0.25) is 10.0 Å². The van der Waals surface area contributed by atoms with Gasteiger partial charge in [-0.2, -0.15) is 4.31 Å². The van der Waals surface area contributed by atoms with E-state index in [-0.39, 0.29) is 24.6 Å². The Kier molecular flexibility index (Phi) is 7.41. The van der Waals surface area contributed by atoms with E-state index >= 15 is 0 Å². The third kappa shape index (κ3) is 5.67. The zero-order valence-corrected chi connectivity index (χ0v) is 17.2. The molecule has 5 nitrogen and oxygen atoms in total. The summed E-state index contributed by atoms with van der Waals surface area (Å²) in [6.45, 7) is 1.20. The zero-order chi connectivity index (χ0) is 20.5. The lowest BCUT2D eigenvalue weighted by atomic mass is 10.2. The molecule has 0 heterocycles. The molecule has 0 atom stereocenters. The molecule has 0 N–H and O–H groups in total. The van der Waals surface area contributed by atoms with Gasteiger partial charge in [0.15, 0.2) is 0 Å². The second-order valence-corrected chi connectivity index (χ2v) is 8.44. The highest BCUT2D eigenvalue weighted by Gasteiger charge is 2.28. The van der Waals surface area contributed by atoms with E-state index in [1.54, 1.807) is 31.4 Å². The van der Waals surface area contributed by atoms with E-state index in [9.17, 15) is 8.42 Å². The maximum absolute atomic E-state index is 13.6. The molecular formula is C23H25NO4S. The van der Waals surface area contributed by atoms with E-state index in [4.69, 9.17) is 9.47 Å². The van der Waals surface area contributed by atoms with Crippen LogP contribution in [0.1, 0.15) is 11.1 Å². The van der Waals surface area contributed by atoms with Crippen LogP contribution in [0.25, 0.3) is 0 Å². The number of hydrogen-bond acceptors (Lipinski definition) is 4. The molecule has 0 aliphatic rings. The van der Waals surface area contributed by atoms with Gasteiger partial charge in [0.25, 0.3) is 0 Å². The molecular weight excluding hydrogens is 386 g/mol. The lowest BCUT2D eigenvalue weighted by Crippen LogP contribution is -2.30. The summed E-state index contributed by atoms with van der Waals surface area (Å²) < 4.78 is 39.4. The minimum atomic E-state index is -3.80. The Bertz CT molecular complexity index is 950. The van der Waals surface area contributed by atoms with Gasteiger partial charge in [-0.3, -0.25) is 0 Å². The average molecular weight is 412 g/mol. The standard InChI is InChI=1S/C23H25NO4S/c1-27-16-17-28-22-14-8-9-15-23(22)29(25,26)24(18-20-10-4-2-5-11-20)19-21-12-6-3-7-13-21/h2-15H,16-19H2,1H3. The molecule has 3 aromatic rings. The molecule has 0 unspecified atom stereocenters. The number of methoxy groups -OCH3 is 1. The minimum absolute atomic E-state index is 0.156. The Hall–Kier alpha value is -2.67. The third-order valence-electron chi connectivity index (χ3n) is 4.42. The highest BCUT2D eigenvalue weighted by molar-refractivity contribution is 7.89. The fourth-order valence-electron chi connectivity index (χ4n) is 2.96. The first-order valence-electron chi connectivity index (χ1n) is 9.40. The molecule has 152 valence electrons. The topological polar surface area (TPSA) is 55.8 Å². The van der Waals surface area contributed by atoms with Crippen LogP contribution in [0.3, 0.4) is 0 Å².